The Morgan fingerprint density at radius 2 is 1.89 bits per heavy atom. The number of aromatic nitrogens is 2. The fraction of sp³-hybridized carbons (Fsp3) is 0.158. The van der Waals surface area contributed by atoms with Gasteiger partial charge in [-0.05, 0) is 30.3 Å². The number of ether oxygens (including phenoxy) is 2. The Balaban J connectivity index is 1.62. The molecule has 0 saturated heterocycles. The summed E-state index contributed by atoms with van der Waals surface area (Å²) in [5.41, 5.74) is 0.711. The van der Waals surface area contributed by atoms with Crippen LogP contribution in [0.2, 0.25) is 0 Å². The van der Waals surface area contributed by atoms with E-state index in [0.29, 0.717) is 17.2 Å². The highest BCUT2D eigenvalue weighted by molar-refractivity contribution is 5.77. The van der Waals surface area contributed by atoms with Crippen molar-refractivity contribution in [3.05, 3.63) is 72.1 Å². The van der Waals surface area contributed by atoms with E-state index >= 15 is 0 Å². The van der Waals surface area contributed by atoms with Crippen molar-refractivity contribution in [2.24, 2.45) is 0 Å². The van der Waals surface area contributed by atoms with Crippen LogP contribution in [0.25, 0.3) is 5.69 Å². The zero-order valence-electron chi connectivity index (χ0n) is 14.5. The van der Waals surface area contributed by atoms with Crippen LogP contribution in [0, 0.1) is 11.6 Å². The average Bonchev–Trinajstić information content (AvgIpc) is 3.13. The van der Waals surface area contributed by atoms with E-state index in [0.717, 1.165) is 6.07 Å². The van der Waals surface area contributed by atoms with Gasteiger partial charge >= 0.3 is 0 Å². The van der Waals surface area contributed by atoms with Crippen molar-refractivity contribution in [1.82, 2.24) is 15.1 Å². The highest BCUT2D eigenvalue weighted by atomic mass is 19.1. The molecule has 0 aliphatic heterocycles. The first-order chi connectivity index (χ1) is 13.0. The SMILES string of the molecule is CNC(=O)COc1cccc(OCc2ccn(-c3ccc(F)cc3F)n2)c1. The van der Waals surface area contributed by atoms with Gasteiger partial charge in [-0.2, -0.15) is 5.10 Å². The molecule has 1 amide bonds. The van der Waals surface area contributed by atoms with Gasteiger partial charge < -0.3 is 14.8 Å². The highest BCUT2D eigenvalue weighted by Gasteiger charge is 2.09. The fourth-order valence-corrected chi connectivity index (χ4v) is 2.27. The highest BCUT2D eigenvalue weighted by Crippen LogP contribution is 2.20. The first-order valence-electron chi connectivity index (χ1n) is 8.11. The number of carbonyl (C=O) groups excluding carboxylic acids is 1. The third-order valence-corrected chi connectivity index (χ3v) is 3.64. The summed E-state index contributed by atoms with van der Waals surface area (Å²) in [5, 5.41) is 6.69. The maximum Gasteiger partial charge on any atom is 0.257 e. The van der Waals surface area contributed by atoms with Crippen LogP contribution in [0.5, 0.6) is 11.5 Å². The molecule has 0 spiro atoms. The minimum absolute atomic E-state index is 0.0897. The van der Waals surface area contributed by atoms with Crippen molar-refractivity contribution in [2.45, 2.75) is 6.61 Å². The van der Waals surface area contributed by atoms with Crippen molar-refractivity contribution in [3.63, 3.8) is 0 Å². The molecule has 140 valence electrons. The third kappa shape index (κ3) is 4.81. The topological polar surface area (TPSA) is 65.4 Å². The number of nitrogens with one attached hydrogen (secondary N) is 1. The number of carbonyl (C=O) groups is 1. The summed E-state index contributed by atoms with van der Waals surface area (Å²) in [6.07, 6.45) is 1.57. The lowest BCUT2D eigenvalue weighted by atomic mass is 10.3. The number of halogens is 2. The van der Waals surface area contributed by atoms with Gasteiger partial charge in [0.25, 0.3) is 5.91 Å². The van der Waals surface area contributed by atoms with Crippen molar-refractivity contribution in [2.75, 3.05) is 13.7 Å². The van der Waals surface area contributed by atoms with Gasteiger partial charge in [0, 0.05) is 25.4 Å². The number of hydrogen-bond acceptors (Lipinski definition) is 4. The van der Waals surface area contributed by atoms with Crippen molar-refractivity contribution < 1.29 is 23.0 Å². The molecule has 6 nitrogen and oxygen atoms in total. The first kappa shape index (κ1) is 18.4. The van der Waals surface area contributed by atoms with Crippen molar-refractivity contribution in [3.8, 4) is 17.2 Å². The van der Waals surface area contributed by atoms with Crippen LogP contribution in [0.15, 0.2) is 54.7 Å². The molecule has 0 aliphatic carbocycles. The Morgan fingerprint density at radius 3 is 2.63 bits per heavy atom. The normalized spacial score (nSPS) is 10.5. The molecule has 3 aromatic rings. The Labute approximate surface area is 154 Å². The molecular formula is C19H17F2N3O3. The molecule has 1 heterocycles. The second-order valence-corrected chi connectivity index (χ2v) is 5.57. The minimum Gasteiger partial charge on any atom is -0.487 e. The predicted molar refractivity (Wildman–Crippen MR) is 93.8 cm³/mol. The molecule has 0 saturated carbocycles. The monoisotopic (exact) mass is 373 g/mol. The molecule has 2 aromatic carbocycles. The van der Waals surface area contributed by atoms with Gasteiger partial charge in [0.05, 0.1) is 0 Å². The van der Waals surface area contributed by atoms with Crippen LogP contribution in [0.1, 0.15) is 5.69 Å². The van der Waals surface area contributed by atoms with Crippen LogP contribution in [-0.4, -0.2) is 29.3 Å². The predicted octanol–water partition coefficient (Wildman–Crippen LogP) is 2.85. The van der Waals surface area contributed by atoms with Crippen LogP contribution in [0.3, 0.4) is 0 Å². The second kappa shape index (κ2) is 8.31. The molecule has 0 bridgehead atoms. The Hall–Kier alpha value is -3.42. The average molecular weight is 373 g/mol. The summed E-state index contributed by atoms with van der Waals surface area (Å²) in [7, 11) is 1.53. The van der Waals surface area contributed by atoms with Crippen molar-refractivity contribution in [1.29, 1.82) is 0 Å². The number of likely N-dealkylation sites (N-methyl/N-ethyl adjacent to an activating group) is 1. The summed E-state index contributed by atoms with van der Waals surface area (Å²) >= 11 is 0. The van der Waals surface area contributed by atoms with E-state index in [1.165, 1.54) is 23.9 Å². The number of amides is 1. The Morgan fingerprint density at radius 1 is 1.11 bits per heavy atom. The maximum atomic E-state index is 13.8. The van der Waals surface area contributed by atoms with E-state index in [-0.39, 0.29) is 24.8 Å². The van der Waals surface area contributed by atoms with Crippen LogP contribution < -0.4 is 14.8 Å². The van der Waals surface area contributed by atoms with Gasteiger partial charge in [-0.1, -0.05) is 6.07 Å². The molecule has 8 heteroatoms. The quantitative estimate of drug-likeness (QED) is 0.692. The number of nitrogens with zero attached hydrogens (tertiary/aromatic N) is 2. The van der Waals surface area contributed by atoms with E-state index in [4.69, 9.17) is 9.47 Å². The number of hydrogen-bond donors (Lipinski definition) is 1. The standard InChI is InChI=1S/C19H17F2N3O3/c1-22-19(25)12-27-16-4-2-3-15(10-16)26-11-14-7-8-24(23-14)18-6-5-13(20)9-17(18)21/h2-10H,11-12H2,1H3,(H,22,25). The maximum absolute atomic E-state index is 13.8. The summed E-state index contributed by atoms with van der Waals surface area (Å²) < 4.78 is 39.2. The van der Waals surface area contributed by atoms with E-state index in [1.807, 2.05) is 0 Å². The lowest BCUT2D eigenvalue weighted by Gasteiger charge is -2.08. The molecule has 0 aliphatic rings. The van der Waals surface area contributed by atoms with Gasteiger partial charge in [0.1, 0.15) is 35.3 Å². The fourth-order valence-electron chi connectivity index (χ4n) is 2.27. The van der Waals surface area contributed by atoms with E-state index < -0.39 is 11.6 Å². The molecule has 1 N–H and O–H groups in total. The molecule has 0 atom stereocenters. The summed E-state index contributed by atoms with van der Waals surface area (Å²) in [5.74, 6) is -0.557. The van der Waals surface area contributed by atoms with Gasteiger partial charge in [0.2, 0.25) is 0 Å². The molecule has 0 unspecified atom stereocenters. The van der Waals surface area contributed by atoms with E-state index in [2.05, 4.69) is 10.4 Å². The molecular weight excluding hydrogens is 356 g/mol. The minimum atomic E-state index is -0.702. The first-order valence-corrected chi connectivity index (χ1v) is 8.11. The molecule has 3 rings (SSSR count). The summed E-state index contributed by atoms with van der Waals surface area (Å²) in [6.45, 7) is 0.0578. The smallest absolute Gasteiger partial charge is 0.257 e. The second-order valence-electron chi connectivity index (χ2n) is 5.57. The van der Waals surface area contributed by atoms with Crippen molar-refractivity contribution >= 4 is 5.91 Å². The third-order valence-electron chi connectivity index (χ3n) is 3.64. The van der Waals surface area contributed by atoms with Crippen LogP contribution >= 0.6 is 0 Å². The Kier molecular flexibility index (Phi) is 5.65. The van der Waals surface area contributed by atoms with Gasteiger partial charge in [0.15, 0.2) is 12.4 Å². The van der Waals surface area contributed by atoms with Crippen LogP contribution in [-0.2, 0) is 11.4 Å². The largest absolute Gasteiger partial charge is 0.487 e. The number of rotatable bonds is 7. The lowest BCUT2D eigenvalue weighted by Crippen LogP contribution is -2.24. The lowest BCUT2D eigenvalue weighted by molar-refractivity contribution is -0.122. The summed E-state index contributed by atoms with van der Waals surface area (Å²) in [6, 6.07) is 11.8. The molecule has 0 fully saturated rings. The van der Waals surface area contributed by atoms with E-state index in [9.17, 15) is 13.6 Å². The van der Waals surface area contributed by atoms with Gasteiger partial charge in [-0.15, -0.1) is 0 Å². The zero-order valence-corrected chi connectivity index (χ0v) is 14.5. The molecule has 1 aromatic heterocycles. The van der Waals surface area contributed by atoms with Gasteiger partial charge in [-0.25, -0.2) is 13.5 Å². The zero-order chi connectivity index (χ0) is 19.2. The van der Waals surface area contributed by atoms with Gasteiger partial charge in [-0.3, -0.25) is 4.79 Å². The molecule has 0 radical (unpaired) electrons. The Bertz CT molecular complexity index is 943. The van der Waals surface area contributed by atoms with E-state index in [1.54, 1.807) is 36.5 Å². The summed E-state index contributed by atoms with van der Waals surface area (Å²) in [4.78, 5) is 11.2. The number of benzene rings is 2. The van der Waals surface area contributed by atoms with Crippen LogP contribution in [0.4, 0.5) is 8.78 Å². The molecule has 27 heavy (non-hydrogen) atoms.